The van der Waals surface area contributed by atoms with Gasteiger partial charge in [0.2, 0.25) is 0 Å². The number of thiazole rings is 1. The number of amides is 1. The van der Waals surface area contributed by atoms with Gasteiger partial charge in [-0.25, -0.2) is 9.97 Å². The number of ether oxygens (including phenoxy) is 1. The third-order valence-corrected chi connectivity index (χ3v) is 4.91. The Morgan fingerprint density at radius 2 is 2.04 bits per heavy atom. The Morgan fingerprint density at radius 1 is 1.19 bits per heavy atom. The van der Waals surface area contributed by atoms with E-state index in [9.17, 15) is 9.59 Å². The molecule has 0 aliphatic carbocycles. The largest absolute Gasteiger partial charge is 0.454 e. The first kappa shape index (κ1) is 17.2. The average Bonchev–Trinajstić information content (AvgIpc) is 3.23. The molecule has 27 heavy (non-hydrogen) atoms. The Labute approximate surface area is 158 Å². The smallest absolute Gasteiger partial charge is 0.326 e. The van der Waals surface area contributed by atoms with Crippen LogP contribution in [0.2, 0.25) is 0 Å². The van der Waals surface area contributed by atoms with E-state index in [1.54, 1.807) is 10.9 Å². The number of hydrogen-bond acceptors (Lipinski definition) is 6. The number of nitrogens with one attached hydrogen (secondary N) is 1. The number of nitrogens with zero attached hydrogens (tertiary/aromatic N) is 3. The van der Waals surface area contributed by atoms with E-state index in [2.05, 4.69) is 15.3 Å². The number of hydrogen-bond donors (Lipinski definition) is 1. The molecule has 0 atom stereocenters. The standard InChI is InChI=1S/C19H16N4O3S/c1-12-6-7-14-16(8-12)27-19(21-14)22-17(24)10-26-18(25)9-23-11-20-13-4-2-3-5-15(13)23/h2-8,11H,9-10H2,1H3,(H,21,22,24). The minimum absolute atomic E-state index is 0.00575. The molecular formula is C19H16N4O3S. The summed E-state index contributed by atoms with van der Waals surface area (Å²) in [6.07, 6.45) is 1.58. The molecular weight excluding hydrogens is 364 g/mol. The van der Waals surface area contributed by atoms with E-state index >= 15 is 0 Å². The Bertz CT molecular complexity index is 1150. The predicted molar refractivity (Wildman–Crippen MR) is 104 cm³/mol. The molecule has 0 fully saturated rings. The fraction of sp³-hybridized carbons (Fsp3) is 0.158. The first-order chi connectivity index (χ1) is 13.1. The van der Waals surface area contributed by atoms with Gasteiger partial charge in [0, 0.05) is 0 Å². The lowest BCUT2D eigenvalue weighted by Crippen LogP contribution is -2.22. The molecule has 2 heterocycles. The molecule has 0 radical (unpaired) electrons. The molecule has 7 nitrogen and oxygen atoms in total. The Hall–Kier alpha value is -3.26. The third kappa shape index (κ3) is 3.80. The van der Waals surface area contributed by atoms with Crippen molar-refractivity contribution < 1.29 is 14.3 Å². The van der Waals surface area contributed by atoms with E-state index in [0.29, 0.717) is 5.13 Å². The highest BCUT2D eigenvalue weighted by Crippen LogP contribution is 2.26. The molecule has 2 aromatic heterocycles. The van der Waals surface area contributed by atoms with Crippen molar-refractivity contribution in [2.75, 3.05) is 11.9 Å². The SMILES string of the molecule is Cc1ccc2nc(NC(=O)COC(=O)Cn3cnc4ccccc43)sc2c1. The average molecular weight is 380 g/mol. The van der Waals surface area contributed by atoms with Crippen molar-refractivity contribution in [3.63, 3.8) is 0 Å². The van der Waals surface area contributed by atoms with Crippen LogP contribution in [0.3, 0.4) is 0 Å². The number of esters is 1. The van der Waals surface area contributed by atoms with Gasteiger partial charge in [0.1, 0.15) is 6.54 Å². The molecule has 4 aromatic rings. The van der Waals surface area contributed by atoms with E-state index in [-0.39, 0.29) is 13.2 Å². The number of rotatable bonds is 5. The van der Waals surface area contributed by atoms with E-state index in [1.165, 1.54) is 11.3 Å². The third-order valence-electron chi connectivity index (χ3n) is 3.98. The summed E-state index contributed by atoms with van der Waals surface area (Å²) >= 11 is 1.38. The maximum atomic E-state index is 12.0. The predicted octanol–water partition coefficient (Wildman–Crippen LogP) is 3.14. The molecule has 0 unspecified atom stereocenters. The van der Waals surface area contributed by atoms with Crippen LogP contribution in [0.5, 0.6) is 0 Å². The van der Waals surface area contributed by atoms with Gasteiger partial charge < -0.3 is 9.30 Å². The molecule has 136 valence electrons. The summed E-state index contributed by atoms with van der Waals surface area (Å²) in [5, 5.41) is 3.15. The van der Waals surface area contributed by atoms with Crippen molar-refractivity contribution in [1.29, 1.82) is 0 Å². The Kier molecular flexibility index (Phi) is 4.55. The summed E-state index contributed by atoms with van der Waals surface area (Å²) in [6, 6.07) is 13.4. The van der Waals surface area contributed by atoms with Gasteiger partial charge in [-0.1, -0.05) is 29.5 Å². The first-order valence-electron chi connectivity index (χ1n) is 8.31. The van der Waals surface area contributed by atoms with Crippen LogP contribution in [0.15, 0.2) is 48.8 Å². The number of aryl methyl sites for hydroxylation is 1. The number of carbonyl (C=O) groups is 2. The van der Waals surface area contributed by atoms with E-state index in [1.807, 2.05) is 49.4 Å². The normalized spacial score (nSPS) is 11.0. The molecule has 0 spiro atoms. The van der Waals surface area contributed by atoms with Crippen molar-refractivity contribution in [3.8, 4) is 0 Å². The second kappa shape index (κ2) is 7.16. The molecule has 0 saturated heterocycles. The quantitative estimate of drug-likeness (QED) is 0.538. The van der Waals surface area contributed by atoms with Crippen molar-refractivity contribution in [1.82, 2.24) is 14.5 Å². The van der Waals surface area contributed by atoms with Gasteiger partial charge in [0.15, 0.2) is 11.7 Å². The molecule has 0 bridgehead atoms. The van der Waals surface area contributed by atoms with Crippen LogP contribution in [0.25, 0.3) is 21.3 Å². The van der Waals surface area contributed by atoms with E-state index in [4.69, 9.17) is 4.74 Å². The summed E-state index contributed by atoms with van der Waals surface area (Å²) in [5.41, 5.74) is 3.59. The highest BCUT2D eigenvalue weighted by molar-refractivity contribution is 7.22. The molecule has 4 rings (SSSR count). The molecule has 0 saturated carbocycles. The fourth-order valence-corrected chi connectivity index (χ4v) is 3.69. The highest BCUT2D eigenvalue weighted by atomic mass is 32.1. The van der Waals surface area contributed by atoms with Crippen LogP contribution in [-0.2, 0) is 20.9 Å². The van der Waals surface area contributed by atoms with Crippen LogP contribution in [0.1, 0.15) is 5.56 Å². The van der Waals surface area contributed by atoms with Gasteiger partial charge in [-0.05, 0) is 36.8 Å². The van der Waals surface area contributed by atoms with Crippen LogP contribution < -0.4 is 5.32 Å². The zero-order chi connectivity index (χ0) is 18.8. The second-order valence-corrected chi connectivity index (χ2v) is 7.09. The summed E-state index contributed by atoms with van der Waals surface area (Å²) in [4.78, 5) is 32.6. The fourth-order valence-electron chi connectivity index (χ4n) is 2.71. The van der Waals surface area contributed by atoms with Crippen LogP contribution in [-0.4, -0.2) is 33.0 Å². The maximum Gasteiger partial charge on any atom is 0.326 e. The minimum Gasteiger partial charge on any atom is -0.454 e. The number of imidazole rings is 1. The summed E-state index contributed by atoms with van der Waals surface area (Å²) in [6.45, 7) is 1.63. The number of anilines is 1. The van der Waals surface area contributed by atoms with Crippen LogP contribution in [0, 0.1) is 6.92 Å². The zero-order valence-electron chi connectivity index (χ0n) is 14.5. The van der Waals surface area contributed by atoms with Crippen molar-refractivity contribution >= 4 is 49.6 Å². The minimum atomic E-state index is -0.506. The van der Waals surface area contributed by atoms with Gasteiger partial charge >= 0.3 is 5.97 Å². The van der Waals surface area contributed by atoms with Gasteiger partial charge in [-0.2, -0.15) is 0 Å². The first-order valence-corrected chi connectivity index (χ1v) is 9.13. The Morgan fingerprint density at radius 3 is 2.93 bits per heavy atom. The van der Waals surface area contributed by atoms with Crippen LogP contribution >= 0.6 is 11.3 Å². The highest BCUT2D eigenvalue weighted by Gasteiger charge is 2.12. The molecule has 0 aliphatic heterocycles. The van der Waals surface area contributed by atoms with Crippen molar-refractivity contribution in [3.05, 3.63) is 54.4 Å². The lowest BCUT2D eigenvalue weighted by Gasteiger charge is -2.06. The zero-order valence-corrected chi connectivity index (χ0v) is 15.3. The number of fused-ring (bicyclic) bond motifs is 2. The van der Waals surface area contributed by atoms with Crippen LogP contribution in [0.4, 0.5) is 5.13 Å². The number of para-hydroxylation sites is 2. The summed E-state index contributed by atoms with van der Waals surface area (Å²) < 4.78 is 7.75. The monoisotopic (exact) mass is 380 g/mol. The van der Waals surface area contributed by atoms with Crippen molar-refractivity contribution in [2.45, 2.75) is 13.5 Å². The van der Waals surface area contributed by atoms with E-state index < -0.39 is 11.9 Å². The second-order valence-electron chi connectivity index (χ2n) is 6.06. The maximum absolute atomic E-state index is 12.0. The molecule has 2 aromatic carbocycles. The number of carbonyl (C=O) groups excluding carboxylic acids is 2. The Balaban J connectivity index is 1.33. The molecule has 8 heteroatoms. The van der Waals surface area contributed by atoms with E-state index in [0.717, 1.165) is 26.8 Å². The van der Waals surface area contributed by atoms with Crippen molar-refractivity contribution in [2.24, 2.45) is 0 Å². The molecule has 1 amide bonds. The lowest BCUT2D eigenvalue weighted by atomic mass is 10.2. The number of aromatic nitrogens is 3. The molecule has 1 N–H and O–H groups in total. The topological polar surface area (TPSA) is 86.1 Å². The summed E-state index contributed by atoms with van der Waals surface area (Å²) in [5.74, 6) is -0.928. The lowest BCUT2D eigenvalue weighted by molar-refractivity contribution is -0.147. The van der Waals surface area contributed by atoms with Gasteiger partial charge in [-0.3, -0.25) is 14.9 Å². The van der Waals surface area contributed by atoms with Gasteiger partial charge in [0.05, 0.1) is 27.6 Å². The summed E-state index contributed by atoms with van der Waals surface area (Å²) in [7, 11) is 0. The van der Waals surface area contributed by atoms with Gasteiger partial charge in [-0.15, -0.1) is 0 Å². The molecule has 0 aliphatic rings. The van der Waals surface area contributed by atoms with Gasteiger partial charge in [0.25, 0.3) is 5.91 Å². The number of benzene rings is 2.